The average molecular weight is 313 g/mol. The van der Waals surface area contributed by atoms with Gasteiger partial charge >= 0.3 is 0 Å². The summed E-state index contributed by atoms with van der Waals surface area (Å²) in [6.45, 7) is 6.45. The molecule has 5 heteroatoms. The molecule has 1 atom stereocenters. The van der Waals surface area contributed by atoms with Gasteiger partial charge in [-0.2, -0.15) is 0 Å². The maximum atomic E-state index is 6.12. The first-order chi connectivity index (χ1) is 9.49. The number of amidine groups is 1. The Hall–Kier alpha value is -0.870. The standard InChI is InChI=1S/C15H21ClN2OS/c1-9(2)5-11-8-20-15(17-11)18-13-6-10(3)12(16)7-14(13)19-4/h6-7,9,11H,5,8H2,1-4H3,(H,17,18). The van der Waals surface area contributed by atoms with Crippen LogP contribution in [0.4, 0.5) is 5.69 Å². The van der Waals surface area contributed by atoms with Crippen molar-refractivity contribution >= 4 is 34.2 Å². The second-order valence-electron chi connectivity index (χ2n) is 5.46. The number of anilines is 1. The number of aryl methyl sites for hydroxylation is 1. The molecule has 0 aliphatic carbocycles. The van der Waals surface area contributed by atoms with Crippen LogP contribution in [0.3, 0.4) is 0 Å². The third kappa shape index (κ3) is 3.83. The number of hydrogen-bond donors (Lipinski definition) is 1. The minimum atomic E-state index is 0.418. The highest BCUT2D eigenvalue weighted by Gasteiger charge is 2.20. The van der Waals surface area contributed by atoms with E-state index in [9.17, 15) is 0 Å². The van der Waals surface area contributed by atoms with Crippen LogP contribution < -0.4 is 10.1 Å². The van der Waals surface area contributed by atoms with Crippen LogP contribution in [0, 0.1) is 12.8 Å². The van der Waals surface area contributed by atoms with Gasteiger partial charge in [-0.1, -0.05) is 37.2 Å². The lowest BCUT2D eigenvalue weighted by atomic mass is 10.1. The molecule has 0 radical (unpaired) electrons. The van der Waals surface area contributed by atoms with E-state index in [2.05, 4.69) is 19.2 Å². The topological polar surface area (TPSA) is 33.6 Å². The molecular formula is C15H21ClN2OS. The Kier molecular flexibility index (Phi) is 5.22. The Morgan fingerprint density at radius 3 is 2.90 bits per heavy atom. The summed E-state index contributed by atoms with van der Waals surface area (Å²) < 4.78 is 5.37. The molecule has 1 aliphatic heterocycles. The molecule has 3 nitrogen and oxygen atoms in total. The number of benzene rings is 1. The van der Waals surface area contributed by atoms with Gasteiger partial charge in [0.15, 0.2) is 5.17 Å². The van der Waals surface area contributed by atoms with Crippen molar-refractivity contribution < 1.29 is 4.74 Å². The third-order valence-electron chi connectivity index (χ3n) is 3.18. The largest absolute Gasteiger partial charge is 0.495 e. The van der Waals surface area contributed by atoms with Gasteiger partial charge in [0.2, 0.25) is 0 Å². The van der Waals surface area contributed by atoms with Crippen LogP contribution in [0.15, 0.2) is 17.1 Å². The fourth-order valence-electron chi connectivity index (χ4n) is 2.19. The highest BCUT2D eigenvalue weighted by molar-refractivity contribution is 8.14. The van der Waals surface area contributed by atoms with Crippen molar-refractivity contribution in [2.75, 3.05) is 18.2 Å². The average Bonchev–Trinajstić information content (AvgIpc) is 2.80. The van der Waals surface area contributed by atoms with Gasteiger partial charge in [-0.3, -0.25) is 4.99 Å². The molecule has 0 bridgehead atoms. The van der Waals surface area contributed by atoms with Gasteiger partial charge in [0.1, 0.15) is 5.75 Å². The van der Waals surface area contributed by atoms with E-state index in [0.717, 1.165) is 34.3 Å². The van der Waals surface area contributed by atoms with Crippen molar-refractivity contribution in [3.8, 4) is 5.75 Å². The molecule has 20 heavy (non-hydrogen) atoms. The Morgan fingerprint density at radius 2 is 2.25 bits per heavy atom. The van der Waals surface area contributed by atoms with E-state index in [4.69, 9.17) is 21.3 Å². The van der Waals surface area contributed by atoms with E-state index in [-0.39, 0.29) is 0 Å². The van der Waals surface area contributed by atoms with Crippen LogP contribution >= 0.6 is 23.4 Å². The number of methoxy groups -OCH3 is 1. The molecule has 0 saturated carbocycles. The number of rotatable bonds is 4. The number of ether oxygens (including phenoxy) is 1. The van der Waals surface area contributed by atoms with E-state index < -0.39 is 0 Å². The Labute approximate surface area is 130 Å². The van der Waals surface area contributed by atoms with Crippen LogP contribution in [0.2, 0.25) is 5.02 Å². The summed E-state index contributed by atoms with van der Waals surface area (Å²) in [5.74, 6) is 2.47. The smallest absolute Gasteiger partial charge is 0.161 e. The fraction of sp³-hybridized carbons (Fsp3) is 0.533. The second kappa shape index (κ2) is 6.72. The summed E-state index contributed by atoms with van der Waals surface area (Å²) in [6, 6.07) is 4.26. The lowest BCUT2D eigenvalue weighted by molar-refractivity contribution is 0.417. The molecule has 1 N–H and O–H groups in total. The van der Waals surface area contributed by atoms with E-state index in [1.54, 1.807) is 18.9 Å². The van der Waals surface area contributed by atoms with E-state index in [0.29, 0.717) is 17.0 Å². The lowest BCUT2D eigenvalue weighted by Gasteiger charge is -2.12. The first-order valence-corrected chi connectivity index (χ1v) is 8.17. The van der Waals surface area contributed by atoms with Crippen LogP contribution in [-0.2, 0) is 0 Å². The molecule has 0 spiro atoms. The molecule has 1 aliphatic rings. The molecule has 1 aromatic carbocycles. The third-order valence-corrected chi connectivity index (χ3v) is 4.62. The van der Waals surface area contributed by atoms with Gasteiger partial charge in [0, 0.05) is 16.8 Å². The number of nitrogens with one attached hydrogen (secondary N) is 1. The summed E-state index contributed by atoms with van der Waals surface area (Å²) in [7, 11) is 1.65. The number of thioether (sulfide) groups is 1. The Balaban J connectivity index is 2.12. The summed E-state index contributed by atoms with van der Waals surface area (Å²) in [5.41, 5.74) is 1.95. The van der Waals surface area contributed by atoms with Crippen molar-refractivity contribution in [2.45, 2.75) is 33.2 Å². The zero-order valence-corrected chi connectivity index (χ0v) is 13.9. The van der Waals surface area contributed by atoms with Crippen molar-refractivity contribution in [1.29, 1.82) is 0 Å². The highest BCUT2D eigenvalue weighted by Crippen LogP contribution is 2.33. The number of hydrogen-bond acceptors (Lipinski definition) is 4. The minimum Gasteiger partial charge on any atom is -0.495 e. The van der Waals surface area contributed by atoms with Crippen molar-refractivity contribution in [2.24, 2.45) is 10.9 Å². The lowest BCUT2D eigenvalue weighted by Crippen LogP contribution is -2.08. The van der Waals surface area contributed by atoms with Gasteiger partial charge in [-0.05, 0) is 30.9 Å². The molecule has 1 aromatic rings. The van der Waals surface area contributed by atoms with E-state index in [1.807, 2.05) is 19.1 Å². The molecule has 0 amide bonds. The first-order valence-electron chi connectivity index (χ1n) is 6.81. The SMILES string of the molecule is COc1cc(Cl)c(C)cc1NC1=NC(CC(C)C)CS1. The molecule has 0 saturated heterocycles. The zero-order valence-electron chi connectivity index (χ0n) is 12.4. The van der Waals surface area contributed by atoms with Crippen LogP contribution in [0.25, 0.3) is 0 Å². The summed E-state index contributed by atoms with van der Waals surface area (Å²) in [5, 5.41) is 5.04. The van der Waals surface area contributed by atoms with Gasteiger partial charge < -0.3 is 10.1 Å². The number of nitrogens with zero attached hydrogens (tertiary/aromatic N) is 1. The minimum absolute atomic E-state index is 0.418. The number of halogens is 1. The maximum absolute atomic E-state index is 6.12. The van der Waals surface area contributed by atoms with Crippen LogP contribution in [0.5, 0.6) is 5.75 Å². The van der Waals surface area contributed by atoms with Gasteiger partial charge in [-0.15, -0.1) is 0 Å². The molecule has 1 unspecified atom stereocenters. The van der Waals surface area contributed by atoms with Crippen molar-refractivity contribution in [1.82, 2.24) is 0 Å². The highest BCUT2D eigenvalue weighted by atomic mass is 35.5. The van der Waals surface area contributed by atoms with Crippen molar-refractivity contribution in [3.05, 3.63) is 22.7 Å². The quantitative estimate of drug-likeness (QED) is 0.883. The fourth-order valence-corrected chi connectivity index (χ4v) is 3.31. The van der Waals surface area contributed by atoms with Crippen molar-refractivity contribution in [3.63, 3.8) is 0 Å². The predicted molar refractivity (Wildman–Crippen MR) is 89.5 cm³/mol. The second-order valence-corrected chi connectivity index (χ2v) is 6.87. The molecule has 110 valence electrons. The maximum Gasteiger partial charge on any atom is 0.161 e. The molecule has 0 aromatic heterocycles. The van der Waals surface area contributed by atoms with Crippen LogP contribution in [0.1, 0.15) is 25.8 Å². The molecular weight excluding hydrogens is 292 g/mol. The number of aliphatic imine (C=N–C) groups is 1. The summed E-state index contributed by atoms with van der Waals surface area (Å²) in [4.78, 5) is 4.73. The Morgan fingerprint density at radius 1 is 1.50 bits per heavy atom. The van der Waals surface area contributed by atoms with Gasteiger partial charge in [0.05, 0.1) is 18.8 Å². The van der Waals surface area contributed by atoms with E-state index >= 15 is 0 Å². The summed E-state index contributed by atoms with van der Waals surface area (Å²) in [6.07, 6.45) is 1.13. The summed E-state index contributed by atoms with van der Waals surface area (Å²) >= 11 is 7.89. The molecule has 1 heterocycles. The predicted octanol–water partition coefficient (Wildman–Crippen LogP) is 4.59. The van der Waals surface area contributed by atoms with E-state index in [1.165, 1.54) is 0 Å². The zero-order chi connectivity index (χ0) is 14.7. The molecule has 2 rings (SSSR count). The van der Waals surface area contributed by atoms with Gasteiger partial charge in [-0.25, -0.2) is 0 Å². The first kappa shape index (κ1) is 15.5. The monoisotopic (exact) mass is 312 g/mol. The Bertz CT molecular complexity index is 517. The van der Waals surface area contributed by atoms with Crippen LogP contribution in [-0.4, -0.2) is 24.1 Å². The van der Waals surface area contributed by atoms with Gasteiger partial charge in [0.25, 0.3) is 0 Å². The normalized spacial score (nSPS) is 18.3. The molecule has 0 fully saturated rings.